The maximum atomic E-state index is 11.2. The number of esters is 1. The van der Waals surface area contributed by atoms with Crippen molar-refractivity contribution < 1.29 is 31.5 Å². The lowest BCUT2D eigenvalue weighted by Gasteiger charge is -2.16. The standard InChI is InChI=1S/C10H18O4S.ClH/c1-5-6-15-9(12)14-7-13-8(11)10(2,3)4;/h5-7H2,1-4H3;1H/p-1. The summed E-state index contributed by atoms with van der Waals surface area (Å²) < 4.78 is 9.45. The van der Waals surface area contributed by atoms with Gasteiger partial charge >= 0.3 is 11.3 Å². The Balaban J connectivity index is 0. The normalized spacial score (nSPS) is 10.2. The van der Waals surface area contributed by atoms with Crippen molar-refractivity contribution in [2.75, 3.05) is 12.5 Å². The predicted molar refractivity (Wildman–Crippen MR) is 59.6 cm³/mol. The highest BCUT2D eigenvalue weighted by Gasteiger charge is 2.23. The van der Waals surface area contributed by atoms with Gasteiger partial charge in [-0.05, 0) is 39.0 Å². The third-order valence-corrected chi connectivity index (χ3v) is 2.37. The molecule has 0 heterocycles. The van der Waals surface area contributed by atoms with Crippen LogP contribution in [0.25, 0.3) is 0 Å². The van der Waals surface area contributed by atoms with Crippen molar-refractivity contribution in [3.05, 3.63) is 0 Å². The van der Waals surface area contributed by atoms with E-state index in [1.807, 2.05) is 6.92 Å². The lowest BCUT2D eigenvalue weighted by Crippen LogP contribution is -3.00. The van der Waals surface area contributed by atoms with Crippen molar-refractivity contribution in [1.29, 1.82) is 0 Å². The van der Waals surface area contributed by atoms with Crippen LogP contribution in [-0.4, -0.2) is 23.8 Å². The summed E-state index contributed by atoms with van der Waals surface area (Å²) in [6.07, 6.45) is 0.904. The number of ether oxygens (including phenoxy) is 2. The molecule has 0 aromatic heterocycles. The van der Waals surface area contributed by atoms with Gasteiger partial charge in [0.1, 0.15) is 0 Å². The molecular weight excluding hydrogens is 252 g/mol. The number of hydrogen-bond acceptors (Lipinski definition) is 5. The van der Waals surface area contributed by atoms with Gasteiger partial charge < -0.3 is 21.9 Å². The van der Waals surface area contributed by atoms with Crippen molar-refractivity contribution in [3.63, 3.8) is 0 Å². The molecule has 0 aliphatic carbocycles. The van der Waals surface area contributed by atoms with E-state index in [-0.39, 0.29) is 25.2 Å². The Morgan fingerprint density at radius 1 is 1.19 bits per heavy atom. The number of carbonyl (C=O) groups is 2. The summed E-state index contributed by atoms with van der Waals surface area (Å²) in [6.45, 7) is 6.89. The minimum atomic E-state index is -0.566. The minimum Gasteiger partial charge on any atom is -1.00 e. The molecule has 0 bridgehead atoms. The van der Waals surface area contributed by atoms with Crippen LogP contribution in [0.3, 0.4) is 0 Å². The summed E-state index contributed by atoms with van der Waals surface area (Å²) in [5.74, 6) is 0.335. The number of thioether (sulfide) groups is 1. The highest BCUT2D eigenvalue weighted by Crippen LogP contribution is 2.15. The summed E-state index contributed by atoms with van der Waals surface area (Å²) >= 11 is 1.08. The highest BCUT2D eigenvalue weighted by molar-refractivity contribution is 8.13. The van der Waals surface area contributed by atoms with Crippen molar-refractivity contribution in [2.45, 2.75) is 34.1 Å². The maximum absolute atomic E-state index is 11.2. The molecule has 0 amide bonds. The van der Waals surface area contributed by atoms with E-state index in [0.717, 1.165) is 18.2 Å². The molecule has 6 heteroatoms. The fraction of sp³-hybridized carbons (Fsp3) is 0.800. The van der Waals surface area contributed by atoms with E-state index < -0.39 is 10.7 Å². The van der Waals surface area contributed by atoms with Crippen LogP contribution in [0.4, 0.5) is 4.79 Å². The van der Waals surface area contributed by atoms with Crippen molar-refractivity contribution >= 4 is 23.0 Å². The first-order valence-electron chi connectivity index (χ1n) is 4.84. The first kappa shape index (κ1) is 18.0. The Hall–Kier alpha value is -0.420. The lowest BCUT2D eigenvalue weighted by atomic mass is 9.98. The molecule has 0 aliphatic rings. The Labute approximate surface area is 107 Å². The van der Waals surface area contributed by atoms with Crippen LogP contribution in [0.5, 0.6) is 0 Å². The third kappa shape index (κ3) is 8.85. The molecule has 0 rings (SSSR count). The van der Waals surface area contributed by atoms with Gasteiger partial charge in [-0.25, -0.2) is 4.79 Å². The van der Waals surface area contributed by atoms with E-state index in [2.05, 4.69) is 0 Å². The molecule has 16 heavy (non-hydrogen) atoms. The van der Waals surface area contributed by atoms with Crippen molar-refractivity contribution in [2.24, 2.45) is 5.41 Å². The highest BCUT2D eigenvalue weighted by atomic mass is 35.5. The molecule has 0 unspecified atom stereocenters. The van der Waals surface area contributed by atoms with Crippen molar-refractivity contribution in [1.82, 2.24) is 0 Å². The Kier molecular flexibility index (Phi) is 9.77. The van der Waals surface area contributed by atoms with E-state index in [9.17, 15) is 9.59 Å². The average molecular weight is 270 g/mol. The van der Waals surface area contributed by atoms with Gasteiger partial charge in [0.2, 0.25) is 6.79 Å². The number of carbonyl (C=O) groups excluding carboxylic acids is 2. The molecule has 0 saturated heterocycles. The van der Waals surface area contributed by atoms with Gasteiger partial charge in [0.25, 0.3) is 0 Å². The van der Waals surface area contributed by atoms with Gasteiger partial charge in [0, 0.05) is 5.75 Å². The van der Waals surface area contributed by atoms with E-state index in [0.29, 0.717) is 5.75 Å². The van der Waals surface area contributed by atoms with E-state index in [1.54, 1.807) is 20.8 Å². The molecule has 0 aromatic carbocycles. The zero-order valence-corrected chi connectivity index (χ0v) is 11.6. The molecule has 0 aliphatic heterocycles. The van der Waals surface area contributed by atoms with Crippen LogP contribution in [0, 0.1) is 5.41 Å². The van der Waals surface area contributed by atoms with Crippen LogP contribution >= 0.6 is 11.8 Å². The van der Waals surface area contributed by atoms with E-state index in [4.69, 9.17) is 9.47 Å². The summed E-state index contributed by atoms with van der Waals surface area (Å²) in [7, 11) is 0. The van der Waals surface area contributed by atoms with Crippen molar-refractivity contribution in [3.8, 4) is 0 Å². The predicted octanol–water partition coefficient (Wildman–Crippen LogP) is -0.183. The first-order chi connectivity index (χ1) is 6.88. The molecule has 0 aromatic rings. The van der Waals surface area contributed by atoms with Gasteiger partial charge in [0.05, 0.1) is 5.41 Å². The Morgan fingerprint density at radius 2 is 1.75 bits per heavy atom. The van der Waals surface area contributed by atoms with Crippen LogP contribution < -0.4 is 12.4 Å². The second kappa shape index (κ2) is 8.70. The van der Waals surface area contributed by atoms with Crippen LogP contribution in [0.2, 0.25) is 0 Å². The SMILES string of the molecule is CCCSC(=O)OCOC(=O)C(C)(C)C.[Cl-]. The Bertz CT molecular complexity index is 225. The zero-order valence-electron chi connectivity index (χ0n) is 10.0. The van der Waals surface area contributed by atoms with E-state index >= 15 is 0 Å². The fourth-order valence-electron chi connectivity index (χ4n) is 0.575. The second-order valence-corrected chi connectivity index (χ2v) is 5.07. The molecule has 4 nitrogen and oxygen atoms in total. The first-order valence-corrected chi connectivity index (χ1v) is 5.83. The minimum absolute atomic E-state index is 0. The molecule has 0 fully saturated rings. The largest absolute Gasteiger partial charge is 1.00 e. The van der Waals surface area contributed by atoms with Crippen LogP contribution in [0.15, 0.2) is 0 Å². The molecule has 0 atom stereocenters. The second-order valence-electron chi connectivity index (χ2n) is 4.04. The quantitative estimate of drug-likeness (QED) is 0.523. The van der Waals surface area contributed by atoms with E-state index in [1.165, 1.54) is 0 Å². The molecule has 0 spiro atoms. The number of halogens is 1. The molecule has 0 radical (unpaired) electrons. The summed E-state index contributed by atoms with van der Waals surface area (Å²) in [5.41, 5.74) is -0.566. The maximum Gasteiger partial charge on any atom is 0.370 e. The Morgan fingerprint density at radius 3 is 2.19 bits per heavy atom. The fourth-order valence-corrected chi connectivity index (χ4v) is 1.08. The lowest BCUT2D eigenvalue weighted by molar-refractivity contribution is -0.160. The van der Waals surface area contributed by atoms with Gasteiger partial charge in [-0.2, -0.15) is 0 Å². The molecule has 0 saturated carbocycles. The summed E-state index contributed by atoms with van der Waals surface area (Å²) in [4.78, 5) is 22.2. The van der Waals surface area contributed by atoms with Gasteiger partial charge in [0.15, 0.2) is 0 Å². The number of hydrogen-bond donors (Lipinski definition) is 0. The topological polar surface area (TPSA) is 52.6 Å². The molecular formula is C10H18ClO4S-. The molecule has 0 N–H and O–H groups in total. The zero-order chi connectivity index (χ0) is 11.9. The van der Waals surface area contributed by atoms with Crippen LogP contribution in [0.1, 0.15) is 34.1 Å². The molecule has 96 valence electrons. The number of rotatable bonds is 4. The third-order valence-electron chi connectivity index (χ3n) is 1.40. The van der Waals surface area contributed by atoms with Crippen LogP contribution in [-0.2, 0) is 14.3 Å². The van der Waals surface area contributed by atoms with Gasteiger partial charge in [-0.3, -0.25) is 4.79 Å². The van der Waals surface area contributed by atoms with Gasteiger partial charge in [-0.15, -0.1) is 0 Å². The average Bonchev–Trinajstić information content (AvgIpc) is 2.13. The summed E-state index contributed by atoms with van der Waals surface area (Å²) in [6, 6.07) is 0. The summed E-state index contributed by atoms with van der Waals surface area (Å²) in [5, 5.41) is -0.404. The monoisotopic (exact) mass is 269 g/mol. The smallest absolute Gasteiger partial charge is 0.370 e. The van der Waals surface area contributed by atoms with Gasteiger partial charge in [-0.1, -0.05) is 6.92 Å².